The lowest BCUT2D eigenvalue weighted by molar-refractivity contribution is -0.569. The van der Waals surface area contributed by atoms with Gasteiger partial charge in [-0.3, -0.25) is 14.8 Å². The van der Waals surface area contributed by atoms with Gasteiger partial charge in [0.2, 0.25) is 0 Å². The predicted molar refractivity (Wildman–Crippen MR) is 136 cm³/mol. The molecule has 0 aromatic heterocycles. The second-order valence-electron chi connectivity index (χ2n) is 9.33. The van der Waals surface area contributed by atoms with Crippen molar-refractivity contribution in [2.45, 2.75) is 79.1 Å². The molecule has 4 heteroatoms. The van der Waals surface area contributed by atoms with Crippen molar-refractivity contribution < 1.29 is 5.32 Å². The maximum absolute atomic E-state index is 4.32. The molecule has 0 spiro atoms. The van der Waals surface area contributed by atoms with Crippen molar-refractivity contribution in [1.82, 2.24) is 0 Å². The molecule has 2 N–H and O–H groups in total. The first kappa shape index (κ1) is 24.6. The number of hydrogen-bond donors (Lipinski definition) is 1. The van der Waals surface area contributed by atoms with Gasteiger partial charge in [0, 0.05) is 11.1 Å². The summed E-state index contributed by atoms with van der Waals surface area (Å²) in [6, 6.07) is 13.5. The van der Waals surface area contributed by atoms with Gasteiger partial charge in [-0.25, -0.2) is 0 Å². The molecule has 0 saturated heterocycles. The summed E-state index contributed by atoms with van der Waals surface area (Å²) in [5.74, 6) is 1.92. The summed E-state index contributed by atoms with van der Waals surface area (Å²) in [6.07, 6.45) is 0. The smallest absolute Gasteiger partial charge is 0.160 e. The molecule has 0 saturated carbocycles. The van der Waals surface area contributed by atoms with Crippen molar-refractivity contribution in [2.75, 3.05) is 11.3 Å². The molecule has 0 fully saturated rings. The molecule has 1 atom stereocenters. The van der Waals surface area contributed by atoms with E-state index in [1.54, 1.807) is 0 Å². The fraction of sp³-hybridized carbons (Fsp3) is 0.500. The first-order valence-electron chi connectivity index (χ1n) is 11.3. The number of anilines is 1. The van der Waals surface area contributed by atoms with Crippen LogP contribution in [0, 0.1) is 0 Å². The Labute approximate surface area is 186 Å². The minimum atomic E-state index is 0.312. The molecule has 0 heterocycles. The highest BCUT2D eigenvalue weighted by molar-refractivity contribution is 7.38. The Balaban J connectivity index is 2.50. The van der Waals surface area contributed by atoms with Gasteiger partial charge in [0.05, 0.1) is 5.69 Å². The Morgan fingerprint density at radius 3 is 1.53 bits per heavy atom. The van der Waals surface area contributed by atoms with E-state index in [0.717, 1.165) is 6.67 Å². The minimum absolute atomic E-state index is 0.312. The first-order chi connectivity index (χ1) is 14.2. The van der Waals surface area contributed by atoms with Crippen LogP contribution in [-0.2, 0) is 0 Å². The third-order valence-corrected chi connectivity index (χ3v) is 6.49. The summed E-state index contributed by atoms with van der Waals surface area (Å²) < 4.78 is 6.75. The van der Waals surface area contributed by atoms with Gasteiger partial charge in [0.15, 0.2) is 6.67 Å². The van der Waals surface area contributed by atoms with E-state index in [4.69, 9.17) is 0 Å². The van der Waals surface area contributed by atoms with E-state index in [-0.39, 0.29) is 0 Å². The average molecular weight is 427 g/mol. The Bertz CT molecular complexity index is 788. The highest BCUT2D eigenvalue weighted by Crippen LogP contribution is 2.40. The van der Waals surface area contributed by atoms with Crippen LogP contribution in [0.3, 0.4) is 0 Å². The lowest BCUT2D eigenvalue weighted by Crippen LogP contribution is -2.82. The largest absolute Gasteiger partial charge is 0.296 e. The summed E-state index contributed by atoms with van der Waals surface area (Å²) in [4.78, 5) is 0. The third kappa shape index (κ3) is 5.71. The highest BCUT2D eigenvalue weighted by atomic mass is 31.1. The van der Waals surface area contributed by atoms with Crippen LogP contribution in [0.1, 0.15) is 101 Å². The van der Waals surface area contributed by atoms with Crippen molar-refractivity contribution in [1.29, 1.82) is 0 Å². The normalized spacial score (nSPS) is 12.1. The molecule has 164 valence electrons. The van der Waals surface area contributed by atoms with Crippen molar-refractivity contribution in [3.63, 3.8) is 0 Å². The number of benzene rings is 2. The second kappa shape index (κ2) is 11.1. The topological polar surface area (TPSA) is 32.2 Å². The molecular formula is C26H41N3P+. The fourth-order valence-electron chi connectivity index (χ4n) is 4.12. The zero-order valence-electron chi connectivity index (χ0n) is 20.2. The van der Waals surface area contributed by atoms with E-state index in [1.807, 2.05) is 0 Å². The van der Waals surface area contributed by atoms with Gasteiger partial charge < -0.3 is 0 Å². The van der Waals surface area contributed by atoms with E-state index >= 15 is 0 Å². The molecule has 2 rings (SSSR count). The van der Waals surface area contributed by atoms with E-state index in [2.05, 4.69) is 113 Å². The number of rotatable bonds is 10. The average Bonchev–Trinajstić information content (AvgIpc) is 2.69. The van der Waals surface area contributed by atoms with Crippen LogP contribution < -0.4 is 9.99 Å². The van der Waals surface area contributed by atoms with Crippen molar-refractivity contribution in [3.8, 4) is 0 Å². The van der Waals surface area contributed by atoms with Gasteiger partial charge >= 0.3 is 0 Å². The molecule has 0 aliphatic carbocycles. The minimum Gasteiger partial charge on any atom is -0.296 e. The zero-order valence-corrected chi connectivity index (χ0v) is 21.2. The Kier molecular flexibility index (Phi) is 9.07. The zero-order chi connectivity index (χ0) is 22.4. The number of quaternary nitrogens is 1. The number of para-hydroxylation sites is 2. The quantitative estimate of drug-likeness (QED) is 0.188. The Hall–Kier alpha value is -1.70. The molecule has 30 heavy (non-hydrogen) atoms. The van der Waals surface area contributed by atoms with Crippen molar-refractivity contribution in [3.05, 3.63) is 58.7 Å². The molecule has 0 amide bonds. The van der Waals surface area contributed by atoms with Crippen LogP contribution in [0.15, 0.2) is 41.2 Å². The summed E-state index contributed by atoms with van der Waals surface area (Å²) >= 11 is 0. The number of hydrogen-bond acceptors (Lipinski definition) is 2. The maximum Gasteiger partial charge on any atom is 0.160 e. The molecule has 0 bridgehead atoms. The summed E-state index contributed by atoms with van der Waals surface area (Å²) in [6.45, 7) is 22.9. The van der Waals surface area contributed by atoms with Gasteiger partial charge in [-0.2, -0.15) is 0 Å². The van der Waals surface area contributed by atoms with Gasteiger partial charge in [0.25, 0.3) is 0 Å². The highest BCUT2D eigenvalue weighted by Gasteiger charge is 2.23. The van der Waals surface area contributed by atoms with Crippen LogP contribution in [0.25, 0.3) is 0 Å². The van der Waals surface area contributed by atoms with E-state index in [0.29, 0.717) is 32.6 Å². The first-order valence-corrected chi connectivity index (χ1v) is 12.2. The van der Waals surface area contributed by atoms with E-state index in [1.165, 1.54) is 33.6 Å². The van der Waals surface area contributed by atoms with E-state index in [9.17, 15) is 0 Å². The molecule has 0 radical (unpaired) electrons. The molecule has 3 nitrogen and oxygen atoms in total. The van der Waals surface area contributed by atoms with Gasteiger partial charge in [0.1, 0.15) is 14.6 Å². The standard InChI is InChI=1S/C26H40N3P/c1-17(2)21-12-10-13-22(18(3)4)25(21)28-16-29(30-27-9)26-23(19(5)6)14-11-15-24(26)20(7)8/h10-15,17-20,28,30H,9,16H2,1-8H3/p+1. The van der Waals surface area contributed by atoms with Crippen molar-refractivity contribution in [2.24, 2.45) is 4.76 Å². The number of nitrogens with two attached hydrogens (primary N) is 1. The molecule has 2 aromatic carbocycles. The SMILES string of the molecule is C=NPN(C[NH2+]c1c(C(C)C)cccc1C(C)C)c1c(C(C)C)cccc1C(C)C. The number of nitrogens with zero attached hydrogens (tertiary/aromatic N) is 2. The molecular weight excluding hydrogens is 385 g/mol. The molecule has 0 aliphatic heterocycles. The Morgan fingerprint density at radius 2 is 1.17 bits per heavy atom. The van der Waals surface area contributed by atoms with Crippen LogP contribution >= 0.6 is 8.88 Å². The molecule has 1 unspecified atom stereocenters. The monoisotopic (exact) mass is 426 g/mol. The van der Waals surface area contributed by atoms with Gasteiger partial charge in [-0.15, -0.1) is 0 Å². The third-order valence-electron chi connectivity index (χ3n) is 5.70. The summed E-state index contributed by atoms with van der Waals surface area (Å²) in [5.41, 5.74) is 8.39. The fourth-order valence-corrected chi connectivity index (χ4v) is 4.82. The maximum atomic E-state index is 4.32. The van der Waals surface area contributed by atoms with E-state index < -0.39 is 0 Å². The molecule has 2 aromatic rings. The second-order valence-corrected chi connectivity index (χ2v) is 10.4. The van der Waals surface area contributed by atoms with Crippen molar-refractivity contribution >= 4 is 27.0 Å². The lowest BCUT2D eigenvalue weighted by atomic mass is 9.92. The van der Waals surface area contributed by atoms with Gasteiger partial charge in [-0.05, 0) is 41.5 Å². The summed E-state index contributed by atoms with van der Waals surface area (Å²) in [7, 11) is 0.312. The molecule has 0 aliphatic rings. The van der Waals surface area contributed by atoms with Crippen LogP contribution in [0.5, 0.6) is 0 Å². The Morgan fingerprint density at radius 1 is 0.767 bits per heavy atom. The van der Waals surface area contributed by atoms with Crippen LogP contribution in [-0.4, -0.2) is 13.4 Å². The lowest BCUT2D eigenvalue weighted by Gasteiger charge is -2.29. The van der Waals surface area contributed by atoms with Gasteiger partial charge in [-0.1, -0.05) is 91.8 Å². The summed E-state index contributed by atoms with van der Waals surface area (Å²) in [5, 5.41) is 2.42. The van der Waals surface area contributed by atoms with Crippen LogP contribution in [0.4, 0.5) is 11.4 Å². The predicted octanol–water partition coefficient (Wildman–Crippen LogP) is 7.05. The van der Waals surface area contributed by atoms with Crippen LogP contribution in [0.2, 0.25) is 0 Å².